The molecule has 0 bridgehead atoms. The van der Waals surface area contributed by atoms with Crippen molar-refractivity contribution in [2.75, 3.05) is 13.0 Å². The van der Waals surface area contributed by atoms with Gasteiger partial charge in [-0.15, -0.1) is 11.6 Å². The summed E-state index contributed by atoms with van der Waals surface area (Å²) in [6, 6.07) is 6.32. The molecule has 1 aliphatic carbocycles. The van der Waals surface area contributed by atoms with E-state index in [1.54, 1.807) is 7.11 Å². The van der Waals surface area contributed by atoms with E-state index in [2.05, 4.69) is 19.1 Å². The number of alkyl halides is 1. The van der Waals surface area contributed by atoms with Gasteiger partial charge in [0, 0.05) is 16.9 Å². The summed E-state index contributed by atoms with van der Waals surface area (Å²) in [6.45, 7) is 2.10. The molecule has 76 valence electrons. The lowest BCUT2D eigenvalue weighted by atomic mass is 9.95. The minimum Gasteiger partial charge on any atom is -0.496 e. The standard InChI is InChI=1S/C12H15ClO/c1-9-3-4-11(14-2)10(7-9)12(8-13)5-6-12/h3-4,7H,5-6,8H2,1-2H3. The smallest absolute Gasteiger partial charge is 0.122 e. The Hall–Kier alpha value is -0.690. The van der Waals surface area contributed by atoms with Gasteiger partial charge in [0.25, 0.3) is 0 Å². The summed E-state index contributed by atoms with van der Waals surface area (Å²) in [5.41, 5.74) is 2.77. The molecule has 1 nitrogen and oxygen atoms in total. The van der Waals surface area contributed by atoms with Crippen LogP contribution in [0.25, 0.3) is 0 Å². The van der Waals surface area contributed by atoms with Crippen molar-refractivity contribution < 1.29 is 4.74 Å². The van der Waals surface area contributed by atoms with E-state index in [1.165, 1.54) is 24.0 Å². The molecule has 1 aliphatic rings. The van der Waals surface area contributed by atoms with Crippen LogP contribution in [-0.2, 0) is 5.41 Å². The van der Waals surface area contributed by atoms with Crippen LogP contribution in [0.5, 0.6) is 5.75 Å². The first-order chi connectivity index (χ1) is 6.72. The fraction of sp³-hybridized carbons (Fsp3) is 0.500. The average Bonchev–Trinajstić information content (AvgIpc) is 2.98. The van der Waals surface area contributed by atoms with E-state index < -0.39 is 0 Å². The maximum absolute atomic E-state index is 6.02. The second-order valence-electron chi connectivity index (χ2n) is 4.12. The lowest BCUT2D eigenvalue weighted by molar-refractivity contribution is 0.405. The van der Waals surface area contributed by atoms with Gasteiger partial charge in [-0.3, -0.25) is 0 Å². The van der Waals surface area contributed by atoms with Crippen molar-refractivity contribution in [3.63, 3.8) is 0 Å². The second-order valence-corrected chi connectivity index (χ2v) is 4.38. The van der Waals surface area contributed by atoms with Gasteiger partial charge in [-0.1, -0.05) is 17.7 Å². The van der Waals surface area contributed by atoms with Gasteiger partial charge in [-0.25, -0.2) is 0 Å². The predicted molar refractivity (Wildman–Crippen MR) is 59.4 cm³/mol. The molecule has 0 heterocycles. The lowest BCUT2D eigenvalue weighted by Crippen LogP contribution is -2.10. The number of benzene rings is 1. The highest BCUT2D eigenvalue weighted by atomic mass is 35.5. The zero-order valence-electron chi connectivity index (χ0n) is 8.64. The summed E-state index contributed by atoms with van der Waals surface area (Å²) in [7, 11) is 1.72. The minimum absolute atomic E-state index is 0.207. The van der Waals surface area contributed by atoms with E-state index >= 15 is 0 Å². The van der Waals surface area contributed by atoms with Crippen molar-refractivity contribution in [1.82, 2.24) is 0 Å². The summed E-state index contributed by atoms with van der Waals surface area (Å²) in [5, 5.41) is 0. The Balaban J connectivity index is 2.44. The highest BCUT2D eigenvalue weighted by Gasteiger charge is 2.45. The van der Waals surface area contributed by atoms with Gasteiger partial charge in [-0.2, -0.15) is 0 Å². The summed E-state index contributed by atoms with van der Waals surface area (Å²) in [4.78, 5) is 0. The Morgan fingerprint density at radius 2 is 2.14 bits per heavy atom. The van der Waals surface area contributed by atoms with Crippen LogP contribution >= 0.6 is 11.6 Å². The summed E-state index contributed by atoms with van der Waals surface area (Å²) in [6.07, 6.45) is 2.38. The molecule has 2 heteroatoms. The molecule has 1 aromatic carbocycles. The van der Waals surface area contributed by atoms with Gasteiger partial charge in [0.15, 0.2) is 0 Å². The third-order valence-electron chi connectivity index (χ3n) is 3.04. The van der Waals surface area contributed by atoms with E-state index in [4.69, 9.17) is 16.3 Å². The molecule has 0 saturated heterocycles. The van der Waals surface area contributed by atoms with Crippen molar-refractivity contribution in [3.05, 3.63) is 29.3 Å². The molecule has 1 saturated carbocycles. The molecule has 2 rings (SSSR count). The number of rotatable bonds is 3. The quantitative estimate of drug-likeness (QED) is 0.696. The Kier molecular flexibility index (Phi) is 2.44. The molecule has 0 aromatic heterocycles. The zero-order valence-corrected chi connectivity index (χ0v) is 9.40. The van der Waals surface area contributed by atoms with E-state index in [1.807, 2.05) is 6.07 Å². The number of halogens is 1. The molecule has 0 unspecified atom stereocenters. The van der Waals surface area contributed by atoms with Crippen LogP contribution in [0.3, 0.4) is 0 Å². The predicted octanol–water partition coefficient (Wildman–Crippen LogP) is 3.27. The third kappa shape index (κ3) is 1.50. The fourth-order valence-electron chi connectivity index (χ4n) is 1.86. The van der Waals surface area contributed by atoms with Crippen LogP contribution in [-0.4, -0.2) is 13.0 Å². The van der Waals surface area contributed by atoms with Crippen LogP contribution < -0.4 is 4.74 Å². The number of hydrogen-bond donors (Lipinski definition) is 0. The van der Waals surface area contributed by atoms with E-state index in [9.17, 15) is 0 Å². The van der Waals surface area contributed by atoms with Crippen molar-refractivity contribution in [1.29, 1.82) is 0 Å². The molecular formula is C12H15ClO. The topological polar surface area (TPSA) is 9.23 Å². The normalized spacial score (nSPS) is 17.9. The van der Waals surface area contributed by atoms with Gasteiger partial charge in [0.05, 0.1) is 7.11 Å². The van der Waals surface area contributed by atoms with E-state index in [0.717, 1.165) is 5.75 Å². The van der Waals surface area contributed by atoms with Gasteiger partial charge in [-0.05, 0) is 25.8 Å². The van der Waals surface area contributed by atoms with Gasteiger partial charge < -0.3 is 4.74 Å². The van der Waals surface area contributed by atoms with E-state index in [-0.39, 0.29) is 5.41 Å². The number of hydrogen-bond acceptors (Lipinski definition) is 1. The highest BCUT2D eigenvalue weighted by molar-refractivity contribution is 6.19. The van der Waals surface area contributed by atoms with Crippen molar-refractivity contribution in [2.45, 2.75) is 25.2 Å². The zero-order chi connectivity index (χ0) is 10.2. The maximum Gasteiger partial charge on any atom is 0.122 e. The molecular weight excluding hydrogens is 196 g/mol. The van der Waals surface area contributed by atoms with Gasteiger partial charge in [0.1, 0.15) is 5.75 Å². The Morgan fingerprint density at radius 1 is 1.43 bits per heavy atom. The number of ether oxygens (including phenoxy) is 1. The van der Waals surface area contributed by atoms with Gasteiger partial charge >= 0.3 is 0 Å². The molecule has 0 amide bonds. The van der Waals surface area contributed by atoms with Crippen LogP contribution in [0.15, 0.2) is 18.2 Å². The molecule has 0 N–H and O–H groups in total. The molecule has 0 radical (unpaired) electrons. The fourth-order valence-corrected chi connectivity index (χ4v) is 2.27. The molecule has 1 aromatic rings. The first-order valence-electron chi connectivity index (χ1n) is 4.93. The number of methoxy groups -OCH3 is 1. The third-order valence-corrected chi connectivity index (χ3v) is 3.55. The molecule has 0 spiro atoms. The first-order valence-corrected chi connectivity index (χ1v) is 5.46. The van der Waals surface area contributed by atoms with Crippen molar-refractivity contribution >= 4 is 11.6 Å². The molecule has 14 heavy (non-hydrogen) atoms. The highest BCUT2D eigenvalue weighted by Crippen LogP contribution is 2.52. The Morgan fingerprint density at radius 3 is 2.64 bits per heavy atom. The van der Waals surface area contributed by atoms with Gasteiger partial charge in [0.2, 0.25) is 0 Å². The Bertz CT molecular complexity index is 342. The number of aryl methyl sites for hydroxylation is 1. The van der Waals surface area contributed by atoms with Crippen LogP contribution in [0.2, 0.25) is 0 Å². The maximum atomic E-state index is 6.02. The van der Waals surface area contributed by atoms with Crippen LogP contribution in [0.4, 0.5) is 0 Å². The first kappa shape index (κ1) is 9.85. The average molecular weight is 211 g/mol. The van der Waals surface area contributed by atoms with Crippen molar-refractivity contribution in [2.24, 2.45) is 0 Å². The largest absolute Gasteiger partial charge is 0.496 e. The van der Waals surface area contributed by atoms with Crippen molar-refractivity contribution in [3.8, 4) is 5.75 Å². The molecule has 0 atom stereocenters. The summed E-state index contributed by atoms with van der Waals surface area (Å²) >= 11 is 6.02. The SMILES string of the molecule is COc1ccc(C)cc1C1(CCl)CC1. The monoisotopic (exact) mass is 210 g/mol. The molecule has 0 aliphatic heterocycles. The minimum atomic E-state index is 0.207. The van der Waals surface area contributed by atoms with Crippen LogP contribution in [0.1, 0.15) is 24.0 Å². The summed E-state index contributed by atoms with van der Waals surface area (Å²) in [5.74, 6) is 1.68. The van der Waals surface area contributed by atoms with Crippen LogP contribution in [0, 0.1) is 6.92 Å². The lowest BCUT2D eigenvalue weighted by Gasteiger charge is -2.16. The Labute approximate surface area is 90.0 Å². The summed E-state index contributed by atoms with van der Waals surface area (Å²) < 4.78 is 5.37. The second kappa shape index (κ2) is 3.47. The van der Waals surface area contributed by atoms with E-state index in [0.29, 0.717) is 5.88 Å². The molecule has 1 fully saturated rings.